The van der Waals surface area contributed by atoms with Gasteiger partial charge in [-0.25, -0.2) is 4.98 Å². The van der Waals surface area contributed by atoms with Crippen LogP contribution in [-0.4, -0.2) is 16.0 Å². The quantitative estimate of drug-likeness (QED) is 0.233. The minimum atomic E-state index is -0.297. The fourth-order valence-electron chi connectivity index (χ4n) is 2.82. The number of halogens is 3. The maximum Gasteiger partial charge on any atom is 0.258 e. The number of anilines is 1. The number of carbonyl (C=O) groups is 1. The van der Waals surface area contributed by atoms with Crippen LogP contribution in [0.25, 0.3) is 20.8 Å². The summed E-state index contributed by atoms with van der Waals surface area (Å²) in [6.07, 6.45) is 0. The van der Waals surface area contributed by atoms with Crippen molar-refractivity contribution in [1.82, 2.24) is 10.3 Å². The number of thiocarbonyl (C=S) groups is 1. The van der Waals surface area contributed by atoms with E-state index in [1.54, 1.807) is 23.5 Å². The molecule has 3 aromatic carbocycles. The predicted molar refractivity (Wildman–Crippen MR) is 138 cm³/mol. The summed E-state index contributed by atoms with van der Waals surface area (Å²) in [5.74, 6) is -0.297. The van der Waals surface area contributed by atoms with E-state index in [1.165, 1.54) is 0 Å². The topological polar surface area (TPSA) is 54.0 Å². The van der Waals surface area contributed by atoms with E-state index in [9.17, 15) is 4.79 Å². The Morgan fingerprint density at radius 1 is 0.967 bits per heavy atom. The largest absolute Gasteiger partial charge is 0.331 e. The highest BCUT2D eigenvalue weighted by atomic mass is 79.9. The number of thiazole rings is 1. The van der Waals surface area contributed by atoms with Crippen LogP contribution in [0.4, 0.5) is 5.69 Å². The van der Waals surface area contributed by atoms with Gasteiger partial charge in [-0.2, -0.15) is 0 Å². The standard InChI is InChI=1S/C21H12Br3N3OS2/c22-11-9-13(20-25-16-7-3-4-8-17(16)30-20)18(15(24)10-11)26-21(29)27-19(28)12-5-1-2-6-14(12)23/h1-10H,(H2,26,27,28,29). The van der Waals surface area contributed by atoms with E-state index in [0.29, 0.717) is 10.0 Å². The van der Waals surface area contributed by atoms with Crippen molar-refractivity contribution in [3.8, 4) is 10.6 Å². The fourth-order valence-corrected chi connectivity index (χ4v) is 5.79. The van der Waals surface area contributed by atoms with Crippen molar-refractivity contribution in [2.75, 3.05) is 5.32 Å². The number of hydrogen-bond donors (Lipinski definition) is 2. The third kappa shape index (κ3) is 4.65. The molecule has 2 N–H and O–H groups in total. The number of nitrogens with one attached hydrogen (secondary N) is 2. The highest BCUT2D eigenvalue weighted by Gasteiger charge is 2.17. The number of carbonyl (C=O) groups excluding carboxylic acids is 1. The van der Waals surface area contributed by atoms with E-state index in [4.69, 9.17) is 17.2 Å². The van der Waals surface area contributed by atoms with Crippen molar-refractivity contribution in [3.05, 3.63) is 79.6 Å². The summed E-state index contributed by atoms with van der Waals surface area (Å²) in [7, 11) is 0. The van der Waals surface area contributed by atoms with E-state index in [0.717, 1.165) is 35.4 Å². The van der Waals surface area contributed by atoms with Crippen LogP contribution in [0, 0.1) is 0 Å². The highest BCUT2D eigenvalue weighted by Crippen LogP contribution is 2.40. The van der Waals surface area contributed by atoms with Crippen molar-refractivity contribution in [2.45, 2.75) is 0 Å². The molecule has 4 rings (SSSR count). The van der Waals surface area contributed by atoms with Crippen LogP contribution in [0.2, 0.25) is 0 Å². The molecule has 0 saturated carbocycles. The SMILES string of the molecule is O=C(NC(=S)Nc1c(Br)cc(Br)cc1-c1nc2ccccc2s1)c1ccccc1Br. The molecule has 9 heteroatoms. The van der Waals surface area contributed by atoms with E-state index in [1.807, 2.05) is 48.5 Å². The zero-order valence-corrected chi connectivity index (χ0v) is 21.5. The van der Waals surface area contributed by atoms with E-state index in [2.05, 4.69) is 58.4 Å². The molecule has 1 heterocycles. The summed E-state index contributed by atoms with van der Waals surface area (Å²) >= 11 is 17.5. The van der Waals surface area contributed by atoms with Crippen LogP contribution in [0.15, 0.2) is 74.1 Å². The van der Waals surface area contributed by atoms with Gasteiger partial charge >= 0.3 is 0 Å². The number of aromatic nitrogens is 1. The van der Waals surface area contributed by atoms with E-state index >= 15 is 0 Å². The average molecular weight is 626 g/mol. The molecular weight excluding hydrogens is 614 g/mol. The Morgan fingerprint density at radius 3 is 2.47 bits per heavy atom. The second kappa shape index (κ2) is 9.23. The molecule has 0 atom stereocenters. The lowest BCUT2D eigenvalue weighted by Gasteiger charge is -2.15. The molecular formula is C21H12Br3N3OS2. The van der Waals surface area contributed by atoms with E-state index < -0.39 is 0 Å². The number of fused-ring (bicyclic) bond motifs is 1. The second-order valence-corrected chi connectivity index (χ2v) is 10.2. The van der Waals surface area contributed by atoms with Gasteiger partial charge in [0.15, 0.2) is 5.11 Å². The summed E-state index contributed by atoms with van der Waals surface area (Å²) in [4.78, 5) is 17.3. The molecule has 4 aromatic rings. The highest BCUT2D eigenvalue weighted by molar-refractivity contribution is 9.11. The first-order valence-electron chi connectivity index (χ1n) is 8.64. The van der Waals surface area contributed by atoms with Crippen LogP contribution in [0.1, 0.15) is 10.4 Å². The Hall–Kier alpha value is -1.65. The molecule has 0 saturated heterocycles. The second-order valence-electron chi connectivity index (χ2n) is 6.19. The third-order valence-corrected chi connectivity index (χ3v) is 7.21. The number of para-hydroxylation sites is 1. The molecule has 0 unspecified atom stereocenters. The maximum atomic E-state index is 12.6. The van der Waals surface area contributed by atoms with Gasteiger partial charge in [0, 0.05) is 19.0 Å². The van der Waals surface area contributed by atoms with Crippen LogP contribution < -0.4 is 10.6 Å². The molecule has 0 spiro atoms. The lowest BCUT2D eigenvalue weighted by atomic mass is 10.2. The first-order valence-corrected chi connectivity index (χ1v) is 12.2. The Kier molecular flexibility index (Phi) is 6.64. The lowest BCUT2D eigenvalue weighted by molar-refractivity contribution is 0.0977. The molecule has 0 aliphatic rings. The molecule has 0 bridgehead atoms. The molecule has 1 aromatic heterocycles. The van der Waals surface area contributed by atoms with Crippen LogP contribution in [-0.2, 0) is 0 Å². The van der Waals surface area contributed by atoms with Gasteiger partial charge in [0.1, 0.15) is 5.01 Å². The van der Waals surface area contributed by atoms with Gasteiger partial charge in [0.2, 0.25) is 0 Å². The van der Waals surface area contributed by atoms with Gasteiger partial charge in [-0.3, -0.25) is 10.1 Å². The Labute approximate surface area is 207 Å². The van der Waals surface area contributed by atoms with Gasteiger partial charge in [-0.05, 0) is 80.5 Å². The Balaban J connectivity index is 1.65. The minimum Gasteiger partial charge on any atom is -0.331 e. The van der Waals surface area contributed by atoms with Crippen molar-refractivity contribution in [2.24, 2.45) is 0 Å². The molecule has 1 amide bonds. The molecule has 30 heavy (non-hydrogen) atoms. The van der Waals surface area contributed by atoms with Gasteiger partial charge in [-0.15, -0.1) is 11.3 Å². The monoisotopic (exact) mass is 623 g/mol. The third-order valence-electron chi connectivity index (χ3n) is 4.16. The number of benzene rings is 3. The number of rotatable bonds is 3. The minimum absolute atomic E-state index is 0.195. The summed E-state index contributed by atoms with van der Waals surface area (Å²) in [5, 5.41) is 6.93. The van der Waals surface area contributed by atoms with Crippen LogP contribution in [0.3, 0.4) is 0 Å². The summed E-state index contributed by atoms with van der Waals surface area (Å²) < 4.78 is 3.49. The summed E-state index contributed by atoms with van der Waals surface area (Å²) in [6.45, 7) is 0. The first kappa shape index (κ1) is 21.6. The molecule has 4 nitrogen and oxygen atoms in total. The predicted octanol–water partition coefficient (Wildman–Crippen LogP) is 7.38. The van der Waals surface area contributed by atoms with Crippen molar-refractivity contribution in [3.63, 3.8) is 0 Å². The average Bonchev–Trinajstić information content (AvgIpc) is 3.14. The number of hydrogen-bond acceptors (Lipinski definition) is 4. The van der Waals surface area contributed by atoms with E-state index in [-0.39, 0.29) is 11.0 Å². The van der Waals surface area contributed by atoms with Crippen LogP contribution >= 0.6 is 71.3 Å². The molecule has 0 radical (unpaired) electrons. The molecule has 150 valence electrons. The van der Waals surface area contributed by atoms with Crippen molar-refractivity contribution < 1.29 is 4.79 Å². The number of amides is 1. The first-order chi connectivity index (χ1) is 14.4. The summed E-state index contributed by atoms with van der Waals surface area (Å²) in [6, 6.07) is 19.1. The zero-order chi connectivity index (χ0) is 21.3. The maximum absolute atomic E-state index is 12.6. The smallest absolute Gasteiger partial charge is 0.258 e. The number of nitrogens with zero attached hydrogens (tertiary/aromatic N) is 1. The molecule has 0 aliphatic carbocycles. The Bertz CT molecular complexity index is 1260. The fraction of sp³-hybridized carbons (Fsp3) is 0. The lowest BCUT2D eigenvalue weighted by Crippen LogP contribution is -2.34. The van der Waals surface area contributed by atoms with Gasteiger partial charge in [-0.1, -0.05) is 40.2 Å². The van der Waals surface area contributed by atoms with Crippen molar-refractivity contribution >= 4 is 98.3 Å². The summed E-state index contributed by atoms with van der Waals surface area (Å²) in [5.41, 5.74) is 3.04. The zero-order valence-electron chi connectivity index (χ0n) is 15.1. The molecule has 0 aliphatic heterocycles. The molecule has 0 fully saturated rings. The van der Waals surface area contributed by atoms with Crippen LogP contribution in [0.5, 0.6) is 0 Å². The normalized spacial score (nSPS) is 10.8. The van der Waals surface area contributed by atoms with Gasteiger partial charge in [0.05, 0.1) is 21.5 Å². The van der Waals surface area contributed by atoms with Gasteiger partial charge in [0.25, 0.3) is 5.91 Å². The Morgan fingerprint density at radius 2 is 1.70 bits per heavy atom. The van der Waals surface area contributed by atoms with Crippen molar-refractivity contribution in [1.29, 1.82) is 0 Å². The van der Waals surface area contributed by atoms with Gasteiger partial charge < -0.3 is 5.32 Å².